The lowest BCUT2D eigenvalue weighted by Gasteiger charge is -2.12. The Kier molecular flexibility index (Phi) is 3.28. The molecule has 0 saturated heterocycles. The third-order valence-corrected chi connectivity index (χ3v) is 5.67. The van der Waals surface area contributed by atoms with E-state index < -0.39 is 10.8 Å². The lowest BCUT2D eigenvalue weighted by atomic mass is 10.0. The first-order chi connectivity index (χ1) is 7.16. The van der Waals surface area contributed by atoms with Crippen LogP contribution in [0.15, 0.2) is 27.6 Å². The molecular weight excluding hydrogens is 274 g/mol. The van der Waals surface area contributed by atoms with E-state index in [2.05, 4.69) is 22.9 Å². The summed E-state index contributed by atoms with van der Waals surface area (Å²) in [5.74, 6) is 0. The van der Waals surface area contributed by atoms with E-state index in [4.69, 9.17) is 5.73 Å². The third-order valence-electron chi connectivity index (χ3n) is 2.81. The summed E-state index contributed by atoms with van der Waals surface area (Å²) in [7, 11) is -0.949. The molecule has 1 aliphatic rings. The summed E-state index contributed by atoms with van der Waals surface area (Å²) < 4.78 is 13.1. The topological polar surface area (TPSA) is 43.1 Å². The van der Waals surface area contributed by atoms with Crippen LogP contribution in [-0.2, 0) is 10.8 Å². The van der Waals surface area contributed by atoms with Crippen LogP contribution in [-0.4, -0.2) is 9.46 Å². The SMILES string of the molecule is CCCC1C(N)c2cccc(Br)c2S1=O. The molecule has 1 aromatic carbocycles. The Hall–Kier alpha value is -0.190. The molecule has 4 heteroatoms. The molecule has 3 atom stereocenters. The standard InChI is InChI=1S/C11H14BrNOS/c1-2-4-9-10(13)7-5-3-6-8(12)11(7)15(9)14/h3,5-6,9-10H,2,4,13H2,1H3. The second-order valence-corrected chi connectivity index (χ2v) is 6.27. The molecule has 3 unspecified atom stereocenters. The quantitative estimate of drug-likeness (QED) is 0.909. The van der Waals surface area contributed by atoms with Crippen LogP contribution in [0.4, 0.5) is 0 Å². The van der Waals surface area contributed by atoms with Crippen molar-refractivity contribution in [1.29, 1.82) is 0 Å². The van der Waals surface area contributed by atoms with Gasteiger partial charge in [0.15, 0.2) is 0 Å². The molecule has 1 aliphatic heterocycles. The van der Waals surface area contributed by atoms with E-state index in [1.165, 1.54) is 0 Å². The second kappa shape index (κ2) is 4.36. The van der Waals surface area contributed by atoms with Crippen molar-refractivity contribution in [3.8, 4) is 0 Å². The van der Waals surface area contributed by atoms with Gasteiger partial charge in [0, 0.05) is 10.5 Å². The minimum Gasteiger partial charge on any atom is -0.323 e. The largest absolute Gasteiger partial charge is 0.323 e. The fourth-order valence-corrected chi connectivity index (χ4v) is 4.78. The van der Waals surface area contributed by atoms with Crippen LogP contribution in [0.2, 0.25) is 0 Å². The van der Waals surface area contributed by atoms with E-state index in [1.54, 1.807) is 0 Å². The lowest BCUT2D eigenvalue weighted by molar-refractivity contribution is 0.606. The van der Waals surface area contributed by atoms with E-state index >= 15 is 0 Å². The van der Waals surface area contributed by atoms with Gasteiger partial charge in [-0.3, -0.25) is 4.21 Å². The fraction of sp³-hybridized carbons (Fsp3) is 0.455. The molecule has 0 bridgehead atoms. The Morgan fingerprint density at radius 2 is 2.27 bits per heavy atom. The van der Waals surface area contributed by atoms with E-state index in [1.807, 2.05) is 18.2 Å². The zero-order chi connectivity index (χ0) is 11.0. The fourth-order valence-electron chi connectivity index (χ4n) is 2.06. The number of hydrogen-bond donors (Lipinski definition) is 1. The number of hydrogen-bond acceptors (Lipinski definition) is 2. The Balaban J connectivity index is 2.46. The van der Waals surface area contributed by atoms with Crippen LogP contribution in [0.3, 0.4) is 0 Å². The average molecular weight is 288 g/mol. The van der Waals surface area contributed by atoms with Crippen LogP contribution < -0.4 is 5.73 Å². The highest BCUT2D eigenvalue weighted by atomic mass is 79.9. The van der Waals surface area contributed by atoms with Gasteiger partial charge in [-0.15, -0.1) is 0 Å². The molecule has 15 heavy (non-hydrogen) atoms. The summed E-state index contributed by atoms with van der Waals surface area (Å²) in [5, 5.41) is 0.0868. The highest BCUT2D eigenvalue weighted by Crippen LogP contribution is 2.40. The van der Waals surface area contributed by atoms with Crippen molar-refractivity contribution in [1.82, 2.24) is 0 Å². The predicted octanol–water partition coefficient (Wildman–Crippen LogP) is 2.74. The van der Waals surface area contributed by atoms with Crippen molar-refractivity contribution >= 4 is 26.7 Å². The van der Waals surface area contributed by atoms with Crippen molar-refractivity contribution in [2.24, 2.45) is 5.73 Å². The molecule has 1 heterocycles. The molecule has 0 saturated carbocycles. The zero-order valence-electron chi connectivity index (χ0n) is 8.57. The smallest absolute Gasteiger partial charge is 0.0595 e. The van der Waals surface area contributed by atoms with Crippen LogP contribution in [0.25, 0.3) is 0 Å². The monoisotopic (exact) mass is 287 g/mol. The molecule has 0 spiro atoms. The molecule has 0 aliphatic carbocycles. The van der Waals surface area contributed by atoms with E-state index in [0.29, 0.717) is 0 Å². The van der Waals surface area contributed by atoms with Crippen molar-refractivity contribution in [2.75, 3.05) is 0 Å². The van der Waals surface area contributed by atoms with Gasteiger partial charge in [-0.25, -0.2) is 0 Å². The molecule has 0 fully saturated rings. The maximum atomic E-state index is 12.2. The van der Waals surface area contributed by atoms with Gasteiger partial charge in [0.25, 0.3) is 0 Å². The molecule has 1 aromatic rings. The molecule has 0 radical (unpaired) electrons. The highest BCUT2D eigenvalue weighted by molar-refractivity contribution is 9.10. The van der Waals surface area contributed by atoms with Gasteiger partial charge in [0.2, 0.25) is 0 Å². The third kappa shape index (κ3) is 1.79. The van der Waals surface area contributed by atoms with Crippen LogP contribution >= 0.6 is 15.9 Å². The average Bonchev–Trinajstić information content (AvgIpc) is 2.45. The van der Waals surface area contributed by atoms with E-state index in [0.717, 1.165) is 27.8 Å². The Bertz CT molecular complexity index is 408. The van der Waals surface area contributed by atoms with Crippen molar-refractivity contribution < 1.29 is 4.21 Å². The molecule has 2 nitrogen and oxygen atoms in total. The van der Waals surface area contributed by atoms with Gasteiger partial charge in [-0.1, -0.05) is 25.5 Å². The molecule has 82 valence electrons. The first-order valence-electron chi connectivity index (χ1n) is 5.11. The second-order valence-electron chi connectivity index (χ2n) is 3.81. The summed E-state index contributed by atoms with van der Waals surface area (Å²) in [6, 6.07) is 5.79. The van der Waals surface area contributed by atoms with Gasteiger partial charge in [-0.2, -0.15) is 0 Å². The Labute approximate surface area is 101 Å². The Morgan fingerprint density at radius 3 is 2.87 bits per heavy atom. The first kappa shape index (κ1) is 11.3. The Morgan fingerprint density at radius 1 is 1.53 bits per heavy atom. The van der Waals surface area contributed by atoms with Crippen LogP contribution in [0, 0.1) is 0 Å². The summed E-state index contributed by atoms with van der Waals surface area (Å²) in [5.41, 5.74) is 7.16. The highest BCUT2D eigenvalue weighted by Gasteiger charge is 2.36. The zero-order valence-corrected chi connectivity index (χ0v) is 11.0. The lowest BCUT2D eigenvalue weighted by Crippen LogP contribution is -2.23. The molecule has 0 aromatic heterocycles. The summed E-state index contributed by atoms with van der Waals surface area (Å²) in [6.45, 7) is 2.10. The maximum Gasteiger partial charge on any atom is 0.0595 e. The number of rotatable bonds is 2. The minimum atomic E-state index is -0.949. The number of fused-ring (bicyclic) bond motifs is 1. The number of halogens is 1. The van der Waals surface area contributed by atoms with E-state index in [-0.39, 0.29) is 11.3 Å². The van der Waals surface area contributed by atoms with Gasteiger partial charge in [0.05, 0.1) is 20.9 Å². The molecule has 0 amide bonds. The van der Waals surface area contributed by atoms with Gasteiger partial charge < -0.3 is 5.73 Å². The van der Waals surface area contributed by atoms with E-state index in [9.17, 15) is 4.21 Å². The maximum absolute atomic E-state index is 12.2. The van der Waals surface area contributed by atoms with Crippen molar-refractivity contribution in [3.05, 3.63) is 28.2 Å². The molecule has 2 N–H and O–H groups in total. The minimum absolute atomic E-state index is 0.0710. The van der Waals surface area contributed by atoms with Crippen molar-refractivity contribution in [3.63, 3.8) is 0 Å². The predicted molar refractivity (Wildman–Crippen MR) is 66.2 cm³/mol. The summed E-state index contributed by atoms with van der Waals surface area (Å²) >= 11 is 3.45. The van der Waals surface area contributed by atoms with Crippen molar-refractivity contribution in [2.45, 2.75) is 36.0 Å². The van der Waals surface area contributed by atoms with Crippen LogP contribution in [0.1, 0.15) is 31.4 Å². The first-order valence-corrected chi connectivity index (χ1v) is 7.12. The summed E-state index contributed by atoms with van der Waals surface area (Å²) in [4.78, 5) is 0.906. The summed E-state index contributed by atoms with van der Waals surface area (Å²) in [6.07, 6.45) is 1.95. The number of benzene rings is 1. The number of nitrogens with two attached hydrogens (primary N) is 1. The molecular formula is C11H14BrNOS. The van der Waals surface area contributed by atoms with Gasteiger partial charge in [0.1, 0.15) is 0 Å². The van der Waals surface area contributed by atoms with Crippen LogP contribution in [0.5, 0.6) is 0 Å². The van der Waals surface area contributed by atoms with Gasteiger partial charge in [-0.05, 0) is 34.0 Å². The normalized spacial score (nSPS) is 29.1. The van der Waals surface area contributed by atoms with Gasteiger partial charge >= 0.3 is 0 Å². The molecule has 2 rings (SSSR count).